The van der Waals surface area contributed by atoms with E-state index in [4.69, 9.17) is 5.11 Å². The molecule has 16 heavy (non-hydrogen) atoms. The molecule has 0 unspecified atom stereocenters. The normalized spacial score (nSPS) is 13.1. The average Bonchev–Trinajstić information content (AvgIpc) is 1.98. The van der Waals surface area contributed by atoms with Crippen molar-refractivity contribution in [3.63, 3.8) is 0 Å². The van der Waals surface area contributed by atoms with Gasteiger partial charge in [0, 0.05) is 6.54 Å². The second kappa shape index (κ2) is 5.46. The number of halogens is 3. The molecule has 0 fully saturated rings. The summed E-state index contributed by atoms with van der Waals surface area (Å²) in [6.45, 7) is -1.84. The number of aliphatic carboxylic acids is 1. The summed E-state index contributed by atoms with van der Waals surface area (Å²) in [5.41, 5.74) is 0. The van der Waals surface area contributed by atoms with Crippen molar-refractivity contribution in [2.24, 2.45) is 0 Å². The van der Waals surface area contributed by atoms with Gasteiger partial charge in [-0.05, 0) is 0 Å². The van der Waals surface area contributed by atoms with Crippen LogP contribution >= 0.6 is 0 Å². The zero-order valence-electron chi connectivity index (χ0n) is 8.28. The van der Waals surface area contributed by atoms with Gasteiger partial charge >= 0.3 is 12.1 Å². The summed E-state index contributed by atoms with van der Waals surface area (Å²) in [5, 5.41) is 8.31. The lowest BCUT2D eigenvalue weighted by Crippen LogP contribution is -2.47. The van der Waals surface area contributed by atoms with E-state index in [0.29, 0.717) is 0 Å². The molecule has 0 spiro atoms. The van der Waals surface area contributed by atoms with Crippen LogP contribution in [0.25, 0.3) is 0 Å². The lowest BCUT2D eigenvalue weighted by Gasteiger charge is -2.21. The largest absolute Gasteiger partial charge is 0.480 e. The number of carboxylic acids is 1. The van der Waals surface area contributed by atoms with Gasteiger partial charge in [0.1, 0.15) is 13.1 Å². The van der Waals surface area contributed by atoms with Gasteiger partial charge in [-0.2, -0.15) is 25.9 Å². The molecule has 0 aliphatic carbocycles. The van der Waals surface area contributed by atoms with Crippen LogP contribution in [0.4, 0.5) is 13.2 Å². The number of carbonyl (C=O) groups is 1. The molecule has 0 aromatic rings. The molecule has 6 nitrogen and oxygen atoms in total. The Morgan fingerprint density at radius 3 is 2.25 bits per heavy atom. The van der Waals surface area contributed by atoms with Crippen molar-refractivity contribution in [2.45, 2.75) is 13.1 Å². The van der Waals surface area contributed by atoms with Crippen LogP contribution in [0.3, 0.4) is 0 Å². The van der Waals surface area contributed by atoms with Gasteiger partial charge in [0.25, 0.3) is 10.2 Å². The minimum absolute atomic E-state index is 0.129. The Bertz CT molecular complexity index is 340. The van der Waals surface area contributed by atoms with Gasteiger partial charge in [0.15, 0.2) is 0 Å². The first-order valence-corrected chi connectivity index (χ1v) is 5.55. The van der Waals surface area contributed by atoms with Crippen LogP contribution in [0.1, 0.15) is 6.92 Å². The zero-order valence-corrected chi connectivity index (χ0v) is 9.10. The summed E-state index contributed by atoms with van der Waals surface area (Å²) in [6, 6.07) is 0. The van der Waals surface area contributed by atoms with E-state index in [1.54, 1.807) is 4.72 Å². The number of nitrogens with one attached hydrogen (secondary N) is 1. The van der Waals surface area contributed by atoms with Gasteiger partial charge in [-0.15, -0.1) is 0 Å². The third-order valence-electron chi connectivity index (χ3n) is 1.33. The van der Waals surface area contributed by atoms with Gasteiger partial charge in [-0.25, -0.2) is 4.72 Å². The number of hydrogen-bond donors (Lipinski definition) is 2. The van der Waals surface area contributed by atoms with Crippen LogP contribution in [0.15, 0.2) is 0 Å². The Morgan fingerprint density at radius 1 is 1.44 bits per heavy atom. The van der Waals surface area contributed by atoms with Crippen LogP contribution in [-0.4, -0.2) is 49.6 Å². The summed E-state index contributed by atoms with van der Waals surface area (Å²) < 4.78 is 60.0. The first-order valence-electron chi connectivity index (χ1n) is 4.11. The third kappa shape index (κ3) is 5.88. The SMILES string of the molecule is CCNS(=O)(=O)N(CC(=O)O)CC(F)(F)F. The number of rotatable bonds is 6. The van der Waals surface area contributed by atoms with Crippen molar-refractivity contribution < 1.29 is 31.5 Å². The smallest absolute Gasteiger partial charge is 0.402 e. The topological polar surface area (TPSA) is 86.7 Å². The lowest BCUT2D eigenvalue weighted by molar-refractivity contribution is -0.146. The molecule has 0 saturated carbocycles. The van der Waals surface area contributed by atoms with E-state index in [-0.39, 0.29) is 10.8 Å². The van der Waals surface area contributed by atoms with Crippen LogP contribution in [0.2, 0.25) is 0 Å². The molecule has 0 aromatic carbocycles. The molecular formula is C6H11F3N2O4S. The van der Waals surface area contributed by atoms with Crippen LogP contribution in [-0.2, 0) is 15.0 Å². The molecule has 10 heteroatoms. The van der Waals surface area contributed by atoms with Gasteiger partial charge in [0.2, 0.25) is 0 Å². The average molecular weight is 264 g/mol. The van der Waals surface area contributed by atoms with E-state index in [1.807, 2.05) is 0 Å². The fraction of sp³-hybridized carbons (Fsp3) is 0.833. The molecule has 0 aliphatic heterocycles. The molecule has 0 amide bonds. The standard InChI is InChI=1S/C6H11F3N2O4S/c1-2-10-16(14,15)11(3-5(12)13)4-6(7,8)9/h10H,2-4H2,1H3,(H,12,13). The Hall–Kier alpha value is -0.870. The van der Waals surface area contributed by atoms with E-state index in [0.717, 1.165) is 0 Å². The van der Waals surface area contributed by atoms with Crippen LogP contribution in [0, 0.1) is 0 Å². The maximum absolute atomic E-state index is 12.0. The Morgan fingerprint density at radius 2 is 1.94 bits per heavy atom. The molecule has 96 valence electrons. The number of nitrogens with zero attached hydrogens (tertiary/aromatic N) is 1. The number of hydrogen-bond acceptors (Lipinski definition) is 3. The molecule has 0 saturated heterocycles. The molecule has 0 atom stereocenters. The summed E-state index contributed by atoms with van der Waals surface area (Å²) in [6.07, 6.45) is -4.79. The van der Waals surface area contributed by atoms with E-state index in [9.17, 15) is 26.4 Å². The predicted molar refractivity (Wildman–Crippen MR) is 47.9 cm³/mol. The van der Waals surface area contributed by atoms with Crippen molar-refractivity contribution in [1.29, 1.82) is 0 Å². The number of carboxylic acid groups (broad SMARTS) is 1. The fourth-order valence-electron chi connectivity index (χ4n) is 0.850. The highest BCUT2D eigenvalue weighted by atomic mass is 32.2. The highest BCUT2D eigenvalue weighted by molar-refractivity contribution is 7.87. The monoisotopic (exact) mass is 264 g/mol. The molecule has 0 rings (SSSR count). The Balaban J connectivity index is 4.87. The molecule has 0 heterocycles. The Labute approximate surface area is 90.2 Å². The second-order valence-electron chi connectivity index (χ2n) is 2.78. The summed E-state index contributed by atoms with van der Waals surface area (Å²) in [5.74, 6) is -1.66. The molecule has 0 aliphatic rings. The van der Waals surface area contributed by atoms with Gasteiger partial charge in [-0.3, -0.25) is 4.79 Å². The quantitative estimate of drug-likeness (QED) is 0.695. The van der Waals surface area contributed by atoms with Crippen molar-refractivity contribution in [1.82, 2.24) is 9.03 Å². The van der Waals surface area contributed by atoms with Gasteiger partial charge in [-0.1, -0.05) is 6.92 Å². The predicted octanol–water partition coefficient (Wildman–Crippen LogP) is -0.210. The lowest BCUT2D eigenvalue weighted by atomic mass is 10.6. The fourth-order valence-corrected chi connectivity index (χ4v) is 1.99. The minimum atomic E-state index is -4.79. The van der Waals surface area contributed by atoms with Crippen LogP contribution < -0.4 is 4.72 Å². The van der Waals surface area contributed by atoms with Gasteiger partial charge in [0.05, 0.1) is 0 Å². The third-order valence-corrected chi connectivity index (χ3v) is 2.93. The Kier molecular flexibility index (Phi) is 5.16. The van der Waals surface area contributed by atoms with Gasteiger partial charge < -0.3 is 5.11 Å². The van der Waals surface area contributed by atoms with E-state index < -0.39 is 35.4 Å². The summed E-state index contributed by atoms with van der Waals surface area (Å²) >= 11 is 0. The van der Waals surface area contributed by atoms with Crippen LogP contribution in [0.5, 0.6) is 0 Å². The molecule has 0 bridgehead atoms. The first kappa shape index (κ1) is 15.1. The van der Waals surface area contributed by atoms with E-state index >= 15 is 0 Å². The molecule has 0 radical (unpaired) electrons. The number of alkyl halides is 3. The van der Waals surface area contributed by atoms with E-state index in [1.165, 1.54) is 6.92 Å². The summed E-state index contributed by atoms with van der Waals surface area (Å²) in [4.78, 5) is 10.2. The highest BCUT2D eigenvalue weighted by Gasteiger charge is 2.37. The second-order valence-corrected chi connectivity index (χ2v) is 4.54. The summed E-state index contributed by atoms with van der Waals surface area (Å²) in [7, 11) is -4.42. The van der Waals surface area contributed by atoms with Crippen molar-refractivity contribution in [3.8, 4) is 0 Å². The van der Waals surface area contributed by atoms with Crippen molar-refractivity contribution >= 4 is 16.2 Å². The maximum atomic E-state index is 12.0. The van der Waals surface area contributed by atoms with E-state index in [2.05, 4.69) is 0 Å². The molecule has 2 N–H and O–H groups in total. The molecular weight excluding hydrogens is 253 g/mol. The van der Waals surface area contributed by atoms with Crippen molar-refractivity contribution in [3.05, 3.63) is 0 Å². The van der Waals surface area contributed by atoms with Crippen molar-refractivity contribution in [2.75, 3.05) is 19.6 Å². The zero-order chi connectivity index (χ0) is 13.0. The minimum Gasteiger partial charge on any atom is -0.480 e. The first-order chi connectivity index (χ1) is 7.08. The highest BCUT2D eigenvalue weighted by Crippen LogP contribution is 2.17. The molecule has 0 aromatic heterocycles. The maximum Gasteiger partial charge on any atom is 0.402 e.